The SMILES string of the molecule is CCOc1ccccc1N(CC(=O)N(Cc1ccc(Br)cc1)[C@H](Cc1ccccc1)C(=O)N[C@@H](C)CC)S(=O)(=O)c1ccccc1. The second-order valence-electron chi connectivity index (χ2n) is 10.9. The van der Waals surface area contributed by atoms with Gasteiger partial charge < -0.3 is 15.0 Å². The van der Waals surface area contributed by atoms with Gasteiger partial charge in [0.25, 0.3) is 10.0 Å². The van der Waals surface area contributed by atoms with Crippen LogP contribution in [-0.4, -0.2) is 50.4 Å². The number of carbonyl (C=O) groups excluding carboxylic acids is 2. The second kappa shape index (κ2) is 16.4. The van der Waals surface area contributed by atoms with Crippen molar-refractivity contribution in [3.05, 3.63) is 125 Å². The van der Waals surface area contributed by atoms with E-state index in [2.05, 4.69) is 21.2 Å². The fraction of sp³-hybridized carbons (Fsp3) is 0.278. The molecule has 0 radical (unpaired) electrons. The quantitative estimate of drug-likeness (QED) is 0.150. The van der Waals surface area contributed by atoms with Crippen LogP contribution >= 0.6 is 15.9 Å². The van der Waals surface area contributed by atoms with Gasteiger partial charge in [0.1, 0.15) is 18.3 Å². The van der Waals surface area contributed by atoms with Crippen LogP contribution in [0.15, 0.2) is 119 Å². The maximum Gasteiger partial charge on any atom is 0.264 e. The summed E-state index contributed by atoms with van der Waals surface area (Å²) in [6.45, 7) is 5.53. The first kappa shape index (κ1) is 34.7. The molecule has 2 atom stereocenters. The third-order valence-corrected chi connectivity index (χ3v) is 9.88. The standard InChI is InChI=1S/C36H40BrN3O5S/c1-4-27(3)38-36(42)33(24-28-14-8-6-9-15-28)39(25-29-20-22-30(37)23-21-29)35(41)26-40(32-18-12-13-19-34(32)45-5-2)46(43,44)31-16-10-7-11-17-31/h6-23,27,33H,4-5,24-26H2,1-3H3,(H,38,42)/t27-,33+/m0/s1. The van der Waals surface area contributed by atoms with E-state index in [1.165, 1.54) is 17.0 Å². The number of para-hydroxylation sites is 2. The smallest absolute Gasteiger partial charge is 0.264 e. The molecule has 46 heavy (non-hydrogen) atoms. The van der Waals surface area contributed by atoms with Gasteiger partial charge in [-0.1, -0.05) is 95.7 Å². The number of ether oxygens (including phenoxy) is 1. The van der Waals surface area contributed by atoms with E-state index in [-0.39, 0.29) is 35.5 Å². The molecule has 0 bridgehead atoms. The van der Waals surface area contributed by atoms with Gasteiger partial charge in [0.05, 0.1) is 17.2 Å². The lowest BCUT2D eigenvalue weighted by molar-refractivity contribution is -0.140. The average molecular weight is 707 g/mol. The van der Waals surface area contributed by atoms with Crippen LogP contribution in [0.25, 0.3) is 0 Å². The Morgan fingerprint density at radius 1 is 0.826 bits per heavy atom. The number of hydrogen-bond donors (Lipinski definition) is 1. The molecule has 0 aliphatic heterocycles. The Morgan fingerprint density at radius 2 is 1.43 bits per heavy atom. The number of hydrogen-bond acceptors (Lipinski definition) is 5. The number of nitrogens with one attached hydrogen (secondary N) is 1. The van der Waals surface area contributed by atoms with Gasteiger partial charge in [-0.3, -0.25) is 13.9 Å². The maximum absolute atomic E-state index is 14.6. The molecule has 0 aromatic heterocycles. The van der Waals surface area contributed by atoms with Gasteiger partial charge in [-0.25, -0.2) is 8.42 Å². The Balaban J connectivity index is 1.83. The van der Waals surface area contributed by atoms with Crippen LogP contribution in [-0.2, 0) is 32.6 Å². The highest BCUT2D eigenvalue weighted by molar-refractivity contribution is 9.10. The zero-order valence-electron chi connectivity index (χ0n) is 26.3. The molecule has 0 saturated heterocycles. The van der Waals surface area contributed by atoms with Gasteiger partial charge >= 0.3 is 0 Å². The van der Waals surface area contributed by atoms with Crippen molar-refractivity contribution in [2.45, 2.75) is 57.1 Å². The van der Waals surface area contributed by atoms with Crippen molar-refractivity contribution in [3.63, 3.8) is 0 Å². The first-order valence-electron chi connectivity index (χ1n) is 15.3. The van der Waals surface area contributed by atoms with E-state index in [1.807, 2.05) is 75.4 Å². The zero-order chi connectivity index (χ0) is 33.1. The molecule has 1 N–H and O–H groups in total. The van der Waals surface area contributed by atoms with Crippen LogP contribution in [0.4, 0.5) is 5.69 Å². The van der Waals surface area contributed by atoms with Crippen molar-refractivity contribution < 1.29 is 22.7 Å². The molecule has 0 heterocycles. The second-order valence-corrected chi connectivity index (χ2v) is 13.7. The summed E-state index contributed by atoms with van der Waals surface area (Å²) in [5.74, 6) is -0.517. The molecule has 0 aliphatic carbocycles. The highest BCUT2D eigenvalue weighted by atomic mass is 79.9. The van der Waals surface area contributed by atoms with Crippen molar-refractivity contribution in [1.82, 2.24) is 10.2 Å². The minimum atomic E-state index is -4.23. The van der Waals surface area contributed by atoms with E-state index in [1.54, 1.807) is 42.5 Å². The molecule has 0 unspecified atom stereocenters. The molecule has 2 amide bonds. The van der Waals surface area contributed by atoms with Gasteiger partial charge in [0.15, 0.2) is 0 Å². The van der Waals surface area contributed by atoms with Gasteiger partial charge in [-0.2, -0.15) is 0 Å². The number of amides is 2. The topological polar surface area (TPSA) is 96.0 Å². The summed E-state index contributed by atoms with van der Waals surface area (Å²) in [7, 11) is -4.23. The minimum absolute atomic E-state index is 0.0314. The van der Waals surface area contributed by atoms with Crippen molar-refractivity contribution in [3.8, 4) is 5.75 Å². The van der Waals surface area contributed by atoms with Crippen LogP contribution in [0.5, 0.6) is 5.75 Å². The van der Waals surface area contributed by atoms with E-state index in [4.69, 9.17) is 4.74 Å². The van der Waals surface area contributed by atoms with Crippen LogP contribution in [0, 0.1) is 0 Å². The lowest BCUT2D eigenvalue weighted by Crippen LogP contribution is -2.54. The van der Waals surface area contributed by atoms with Crippen LogP contribution in [0.3, 0.4) is 0 Å². The number of nitrogens with zero attached hydrogens (tertiary/aromatic N) is 2. The summed E-state index contributed by atoms with van der Waals surface area (Å²) in [6.07, 6.45) is 0.952. The largest absolute Gasteiger partial charge is 0.492 e. The van der Waals surface area contributed by atoms with Crippen LogP contribution < -0.4 is 14.4 Å². The Hall–Kier alpha value is -4.15. The van der Waals surface area contributed by atoms with Crippen molar-refractivity contribution in [2.75, 3.05) is 17.5 Å². The Bertz CT molecular complexity index is 1690. The third kappa shape index (κ3) is 8.98. The predicted molar refractivity (Wildman–Crippen MR) is 185 cm³/mol. The number of anilines is 1. The van der Waals surface area contributed by atoms with Gasteiger partial charge in [-0.15, -0.1) is 0 Å². The van der Waals surface area contributed by atoms with E-state index >= 15 is 0 Å². The Labute approximate surface area is 280 Å². The molecule has 4 rings (SSSR count). The van der Waals surface area contributed by atoms with Crippen LogP contribution in [0.1, 0.15) is 38.3 Å². The average Bonchev–Trinajstić information content (AvgIpc) is 3.07. The molecular weight excluding hydrogens is 666 g/mol. The minimum Gasteiger partial charge on any atom is -0.492 e. The number of carbonyl (C=O) groups is 2. The number of rotatable bonds is 15. The fourth-order valence-electron chi connectivity index (χ4n) is 4.96. The molecule has 0 aliphatic rings. The normalized spacial score (nSPS) is 12.5. The molecule has 8 nitrogen and oxygen atoms in total. The third-order valence-electron chi connectivity index (χ3n) is 7.58. The lowest BCUT2D eigenvalue weighted by atomic mass is 10.0. The molecule has 4 aromatic rings. The Morgan fingerprint density at radius 3 is 2.07 bits per heavy atom. The number of benzene rings is 4. The molecule has 0 fully saturated rings. The van der Waals surface area contributed by atoms with Crippen molar-refractivity contribution >= 4 is 43.5 Å². The summed E-state index contributed by atoms with van der Waals surface area (Å²) in [5, 5.41) is 3.05. The lowest BCUT2D eigenvalue weighted by Gasteiger charge is -2.34. The summed E-state index contributed by atoms with van der Waals surface area (Å²) in [5.41, 5.74) is 1.89. The molecule has 0 saturated carbocycles. The van der Waals surface area contributed by atoms with E-state index in [0.717, 1.165) is 19.9 Å². The number of halogens is 1. The van der Waals surface area contributed by atoms with Crippen LogP contribution in [0.2, 0.25) is 0 Å². The summed E-state index contributed by atoms with van der Waals surface area (Å²) >= 11 is 3.46. The van der Waals surface area contributed by atoms with Gasteiger partial charge in [0.2, 0.25) is 11.8 Å². The highest BCUT2D eigenvalue weighted by Gasteiger charge is 2.35. The highest BCUT2D eigenvalue weighted by Crippen LogP contribution is 2.33. The van der Waals surface area contributed by atoms with Gasteiger partial charge in [-0.05, 0) is 67.8 Å². The molecular formula is C36H40BrN3O5S. The monoisotopic (exact) mass is 705 g/mol. The summed E-state index contributed by atoms with van der Waals surface area (Å²) in [4.78, 5) is 30.1. The molecule has 4 aromatic carbocycles. The van der Waals surface area contributed by atoms with Crippen molar-refractivity contribution in [1.29, 1.82) is 0 Å². The fourth-order valence-corrected chi connectivity index (χ4v) is 6.67. The van der Waals surface area contributed by atoms with E-state index in [0.29, 0.717) is 18.8 Å². The van der Waals surface area contributed by atoms with E-state index < -0.39 is 28.5 Å². The first-order chi connectivity index (χ1) is 22.1. The zero-order valence-corrected chi connectivity index (χ0v) is 28.7. The Kier molecular flexibility index (Phi) is 12.4. The van der Waals surface area contributed by atoms with E-state index in [9.17, 15) is 18.0 Å². The summed E-state index contributed by atoms with van der Waals surface area (Å²) < 4.78 is 36.2. The van der Waals surface area contributed by atoms with Gasteiger partial charge in [0, 0.05) is 23.5 Å². The summed E-state index contributed by atoms with van der Waals surface area (Å²) in [6, 6.07) is 30.7. The predicted octanol–water partition coefficient (Wildman–Crippen LogP) is 6.60. The molecule has 242 valence electrons. The maximum atomic E-state index is 14.6. The molecule has 10 heteroatoms. The first-order valence-corrected chi connectivity index (χ1v) is 17.5. The number of sulfonamides is 1. The van der Waals surface area contributed by atoms with Crippen molar-refractivity contribution in [2.24, 2.45) is 0 Å². The molecule has 0 spiro atoms.